The Labute approximate surface area is 185 Å². The van der Waals surface area contributed by atoms with E-state index in [2.05, 4.69) is 10.2 Å². The Hall–Kier alpha value is -2.13. The molecule has 1 atom stereocenters. The smallest absolute Gasteiger partial charge is 0.393 e. The van der Waals surface area contributed by atoms with Crippen LogP contribution >= 0.6 is 0 Å². The Kier molecular flexibility index (Phi) is 6.49. The van der Waals surface area contributed by atoms with Crippen molar-refractivity contribution in [1.29, 1.82) is 0 Å². The molecule has 2 heterocycles. The van der Waals surface area contributed by atoms with Crippen molar-refractivity contribution in [2.45, 2.75) is 56.8 Å². The number of aliphatic hydroxyl groups excluding tert-OH is 1. The first-order valence-corrected chi connectivity index (χ1v) is 11.3. The number of aliphatic hydroxyl groups is 1. The number of carbonyl (C=O) groups excluding carboxylic acids is 2. The highest BCUT2D eigenvalue weighted by Gasteiger charge is 2.46. The number of rotatable bonds is 4. The van der Waals surface area contributed by atoms with Gasteiger partial charge in [-0.3, -0.25) is 14.5 Å². The first-order valence-electron chi connectivity index (χ1n) is 11.3. The lowest BCUT2D eigenvalue weighted by Gasteiger charge is -2.34. The minimum Gasteiger partial charge on any atom is -0.393 e. The van der Waals surface area contributed by atoms with Gasteiger partial charge in [0.1, 0.15) is 0 Å². The summed E-state index contributed by atoms with van der Waals surface area (Å²) < 4.78 is 38.6. The van der Waals surface area contributed by atoms with E-state index in [1.165, 1.54) is 12.1 Å². The molecular weight excluding hydrogens is 423 g/mol. The molecule has 1 unspecified atom stereocenters. The van der Waals surface area contributed by atoms with E-state index in [9.17, 15) is 27.9 Å². The zero-order valence-corrected chi connectivity index (χ0v) is 18.0. The molecule has 0 radical (unpaired) electrons. The highest BCUT2D eigenvalue weighted by molar-refractivity contribution is 5.96. The predicted octanol–water partition coefficient (Wildman–Crippen LogP) is 2.66. The Balaban J connectivity index is 1.27. The maximum Gasteiger partial charge on any atom is 0.416 e. The molecule has 2 aliphatic heterocycles. The third-order valence-corrected chi connectivity index (χ3v) is 7.29. The van der Waals surface area contributed by atoms with Gasteiger partial charge in [-0.25, -0.2) is 0 Å². The lowest BCUT2D eigenvalue weighted by Crippen LogP contribution is -2.42. The normalized spacial score (nSPS) is 28.9. The fourth-order valence-electron chi connectivity index (χ4n) is 5.39. The second-order valence-electron chi connectivity index (χ2n) is 9.51. The van der Waals surface area contributed by atoms with Crippen molar-refractivity contribution in [2.75, 3.05) is 32.7 Å². The highest BCUT2D eigenvalue weighted by Crippen LogP contribution is 2.41. The van der Waals surface area contributed by atoms with E-state index in [0.717, 1.165) is 63.7 Å². The van der Waals surface area contributed by atoms with Crippen molar-refractivity contribution in [3.8, 4) is 0 Å². The van der Waals surface area contributed by atoms with Crippen molar-refractivity contribution in [3.05, 3.63) is 35.4 Å². The average Bonchev–Trinajstić information content (AvgIpc) is 3.39. The summed E-state index contributed by atoms with van der Waals surface area (Å²) in [5.74, 6) is -0.897. The van der Waals surface area contributed by atoms with Crippen molar-refractivity contribution in [3.63, 3.8) is 0 Å². The highest BCUT2D eigenvalue weighted by atomic mass is 19.4. The molecule has 0 aromatic heterocycles. The van der Waals surface area contributed by atoms with E-state index in [0.29, 0.717) is 19.1 Å². The SMILES string of the molecule is O=C(NCC(=O)N1CCC2(CCN(C3CCC(O)CC3)C2)C1)c1cccc(C(F)(F)F)c1. The summed E-state index contributed by atoms with van der Waals surface area (Å²) in [7, 11) is 0. The maximum absolute atomic E-state index is 12.9. The number of likely N-dealkylation sites (tertiary alicyclic amines) is 2. The first-order chi connectivity index (χ1) is 15.2. The van der Waals surface area contributed by atoms with Crippen LogP contribution in [0.2, 0.25) is 0 Å². The Morgan fingerprint density at radius 2 is 1.81 bits per heavy atom. The molecule has 3 fully saturated rings. The van der Waals surface area contributed by atoms with Gasteiger partial charge in [0.05, 0.1) is 18.2 Å². The Bertz CT molecular complexity index is 854. The van der Waals surface area contributed by atoms with E-state index in [1.54, 1.807) is 4.90 Å². The molecular formula is C23H30F3N3O3. The largest absolute Gasteiger partial charge is 0.416 e. The van der Waals surface area contributed by atoms with Crippen LogP contribution in [0.4, 0.5) is 13.2 Å². The molecule has 1 aromatic rings. The van der Waals surface area contributed by atoms with Gasteiger partial charge in [-0.15, -0.1) is 0 Å². The maximum atomic E-state index is 12.9. The van der Waals surface area contributed by atoms with Crippen LogP contribution in [0.15, 0.2) is 24.3 Å². The van der Waals surface area contributed by atoms with Crippen LogP contribution in [-0.4, -0.2) is 71.6 Å². The summed E-state index contributed by atoms with van der Waals surface area (Å²) in [5.41, 5.74) is -0.928. The number of halogens is 3. The minimum atomic E-state index is -4.53. The molecule has 1 saturated carbocycles. The molecule has 4 rings (SSSR count). The topological polar surface area (TPSA) is 72.9 Å². The van der Waals surface area contributed by atoms with Crippen LogP contribution in [0.3, 0.4) is 0 Å². The van der Waals surface area contributed by atoms with Gasteiger partial charge in [0.15, 0.2) is 0 Å². The van der Waals surface area contributed by atoms with E-state index >= 15 is 0 Å². The van der Waals surface area contributed by atoms with Gasteiger partial charge in [-0.2, -0.15) is 13.2 Å². The number of amides is 2. The van der Waals surface area contributed by atoms with Crippen molar-refractivity contribution in [1.82, 2.24) is 15.1 Å². The summed E-state index contributed by atoms with van der Waals surface area (Å²) in [6, 6.07) is 4.70. The van der Waals surface area contributed by atoms with Crippen LogP contribution in [0.25, 0.3) is 0 Å². The van der Waals surface area contributed by atoms with Crippen LogP contribution in [0, 0.1) is 5.41 Å². The molecule has 2 amide bonds. The Morgan fingerprint density at radius 3 is 2.53 bits per heavy atom. The van der Waals surface area contributed by atoms with E-state index < -0.39 is 17.6 Å². The van der Waals surface area contributed by atoms with Crippen LogP contribution in [0.5, 0.6) is 0 Å². The summed E-state index contributed by atoms with van der Waals surface area (Å²) in [4.78, 5) is 29.2. The van der Waals surface area contributed by atoms with Crippen LogP contribution in [0.1, 0.15) is 54.4 Å². The number of benzene rings is 1. The molecule has 176 valence electrons. The third kappa shape index (κ3) is 5.09. The van der Waals surface area contributed by atoms with Crippen molar-refractivity contribution in [2.24, 2.45) is 5.41 Å². The number of carbonyl (C=O) groups is 2. The fraction of sp³-hybridized carbons (Fsp3) is 0.652. The molecule has 1 aromatic carbocycles. The lowest BCUT2D eigenvalue weighted by atomic mass is 9.86. The van der Waals surface area contributed by atoms with Gasteiger partial charge < -0.3 is 15.3 Å². The molecule has 2 N–H and O–H groups in total. The zero-order valence-electron chi connectivity index (χ0n) is 18.0. The van der Waals surface area contributed by atoms with Gasteiger partial charge in [0.2, 0.25) is 5.91 Å². The third-order valence-electron chi connectivity index (χ3n) is 7.29. The second-order valence-corrected chi connectivity index (χ2v) is 9.51. The minimum absolute atomic E-state index is 0.0801. The molecule has 9 heteroatoms. The molecule has 1 aliphatic carbocycles. The molecule has 3 aliphatic rings. The van der Waals surface area contributed by atoms with Gasteiger partial charge >= 0.3 is 6.18 Å². The van der Waals surface area contributed by atoms with E-state index in [1.807, 2.05) is 0 Å². The quantitative estimate of drug-likeness (QED) is 0.735. The fourth-order valence-corrected chi connectivity index (χ4v) is 5.39. The van der Waals surface area contributed by atoms with Gasteiger partial charge in [-0.1, -0.05) is 6.07 Å². The summed E-state index contributed by atoms with van der Waals surface area (Å²) >= 11 is 0. The molecule has 2 saturated heterocycles. The summed E-state index contributed by atoms with van der Waals surface area (Å²) in [5, 5.41) is 12.2. The molecule has 32 heavy (non-hydrogen) atoms. The summed E-state index contributed by atoms with van der Waals surface area (Å²) in [6.07, 6.45) is 0.993. The number of nitrogens with one attached hydrogen (secondary N) is 1. The predicted molar refractivity (Wildman–Crippen MR) is 112 cm³/mol. The number of hydrogen-bond acceptors (Lipinski definition) is 4. The Morgan fingerprint density at radius 1 is 1.09 bits per heavy atom. The summed E-state index contributed by atoms with van der Waals surface area (Å²) in [6.45, 7) is 3.02. The molecule has 6 nitrogen and oxygen atoms in total. The first kappa shape index (κ1) is 23.0. The van der Waals surface area contributed by atoms with Gasteiger partial charge in [0.25, 0.3) is 5.91 Å². The van der Waals surface area contributed by atoms with Crippen LogP contribution < -0.4 is 5.32 Å². The molecule has 0 bridgehead atoms. The van der Waals surface area contributed by atoms with Crippen molar-refractivity contribution >= 4 is 11.8 Å². The number of alkyl halides is 3. The number of hydrogen-bond donors (Lipinski definition) is 2. The van der Waals surface area contributed by atoms with Gasteiger partial charge in [0, 0.05) is 36.7 Å². The molecule has 1 spiro atoms. The van der Waals surface area contributed by atoms with Gasteiger partial charge in [-0.05, 0) is 63.3 Å². The van der Waals surface area contributed by atoms with E-state index in [-0.39, 0.29) is 29.5 Å². The monoisotopic (exact) mass is 453 g/mol. The van der Waals surface area contributed by atoms with Crippen molar-refractivity contribution < 1.29 is 27.9 Å². The van der Waals surface area contributed by atoms with E-state index in [4.69, 9.17) is 0 Å². The van der Waals surface area contributed by atoms with Crippen LogP contribution in [-0.2, 0) is 11.0 Å². The second kappa shape index (κ2) is 9.02. The standard InChI is InChI=1S/C23H30F3N3O3/c24-23(25,26)17-3-1-2-16(12-17)21(32)27-13-20(31)29-11-9-22(15-29)8-10-28(14-22)18-4-6-19(30)7-5-18/h1-3,12,18-19,30H,4-11,13-15H2,(H,27,32). The average molecular weight is 454 g/mol. The lowest BCUT2D eigenvalue weighted by molar-refractivity contribution is -0.137. The zero-order chi connectivity index (χ0) is 22.9. The number of nitrogens with zero attached hydrogens (tertiary/aromatic N) is 2.